The fourth-order valence-corrected chi connectivity index (χ4v) is 3.44. The van der Waals surface area contributed by atoms with Crippen LogP contribution >= 0.6 is 0 Å². The summed E-state index contributed by atoms with van der Waals surface area (Å²) in [5.74, 6) is 1.87. The van der Waals surface area contributed by atoms with Gasteiger partial charge in [-0.05, 0) is 48.0 Å². The molecule has 0 aliphatic heterocycles. The second kappa shape index (κ2) is 9.79. The Morgan fingerprint density at radius 1 is 1.00 bits per heavy atom. The van der Waals surface area contributed by atoms with Crippen LogP contribution in [0.5, 0.6) is 23.1 Å². The molecule has 0 spiro atoms. The van der Waals surface area contributed by atoms with E-state index in [1.165, 1.54) is 21.1 Å². The first-order valence-electron chi connectivity index (χ1n) is 10.3. The quantitative estimate of drug-likeness (QED) is 0.384. The minimum absolute atomic E-state index is 0.190. The number of nitrogens with zero attached hydrogens (tertiary/aromatic N) is 2. The Kier molecular flexibility index (Phi) is 6.46. The Morgan fingerprint density at radius 3 is 2.50 bits per heavy atom. The van der Waals surface area contributed by atoms with E-state index < -0.39 is 0 Å². The van der Waals surface area contributed by atoms with Gasteiger partial charge in [0.15, 0.2) is 23.0 Å². The molecule has 0 radical (unpaired) electrons. The molecule has 0 fully saturated rings. The molecule has 2 aromatic heterocycles. The van der Waals surface area contributed by atoms with Gasteiger partial charge in [-0.2, -0.15) is 5.26 Å². The third-order valence-corrected chi connectivity index (χ3v) is 4.96. The van der Waals surface area contributed by atoms with Gasteiger partial charge < -0.3 is 23.9 Å². The van der Waals surface area contributed by atoms with E-state index in [0.717, 1.165) is 0 Å². The number of furan rings is 1. The van der Waals surface area contributed by atoms with Gasteiger partial charge in [0.1, 0.15) is 17.3 Å². The molecule has 1 N–H and O–H groups in total. The predicted octanol–water partition coefficient (Wildman–Crippen LogP) is 5.65. The molecule has 0 unspecified atom stereocenters. The topological polar surface area (TPSA) is 107 Å². The Bertz CT molecular complexity index is 1370. The number of amides is 1. The largest absolute Gasteiger partial charge is 0.493 e. The smallest absolute Gasteiger partial charge is 0.232 e. The summed E-state index contributed by atoms with van der Waals surface area (Å²) in [4.78, 5) is 15.9. The van der Waals surface area contributed by atoms with Gasteiger partial charge in [-0.1, -0.05) is 18.2 Å². The minimum Gasteiger partial charge on any atom is -0.493 e. The molecule has 0 saturated heterocycles. The number of carbonyl (C=O) groups is 1. The number of hydrogen-bond donors (Lipinski definition) is 1. The predicted molar refractivity (Wildman–Crippen MR) is 126 cm³/mol. The van der Waals surface area contributed by atoms with Crippen LogP contribution in [0, 0.1) is 11.3 Å². The Balaban J connectivity index is 1.78. The van der Waals surface area contributed by atoms with E-state index in [0.29, 0.717) is 45.5 Å². The number of aromatic nitrogens is 1. The first-order valence-corrected chi connectivity index (χ1v) is 10.3. The maximum Gasteiger partial charge on any atom is 0.232 e. The number of rotatable bonds is 7. The first kappa shape index (κ1) is 22.4. The Labute approximate surface area is 196 Å². The maximum atomic E-state index is 11.5. The molecule has 34 heavy (non-hydrogen) atoms. The highest BCUT2D eigenvalue weighted by atomic mass is 16.5. The number of nitriles is 1. The average Bonchev–Trinajstić information content (AvgIpc) is 3.39. The van der Waals surface area contributed by atoms with Crippen LogP contribution in [0.4, 0.5) is 5.69 Å². The second-order valence-electron chi connectivity index (χ2n) is 7.17. The summed E-state index contributed by atoms with van der Waals surface area (Å²) in [6.45, 7) is 1.43. The number of anilines is 1. The van der Waals surface area contributed by atoms with Gasteiger partial charge >= 0.3 is 0 Å². The molecule has 2 heterocycles. The maximum absolute atomic E-state index is 11.5. The lowest BCUT2D eigenvalue weighted by molar-refractivity contribution is -0.114. The third kappa shape index (κ3) is 4.54. The number of hydrogen-bond acceptors (Lipinski definition) is 7. The normalized spacial score (nSPS) is 10.3. The highest BCUT2D eigenvalue weighted by Gasteiger charge is 2.19. The zero-order valence-electron chi connectivity index (χ0n) is 18.8. The highest BCUT2D eigenvalue weighted by molar-refractivity contribution is 5.90. The van der Waals surface area contributed by atoms with Crippen molar-refractivity contribution in [3.63, 3.8) is 0 Å². The molecule has 4 aromatic rings. The Hall–Kier alpha value is -4.77. The van der Waals surface area contributed by atoms with E-state index in [1.54, 1.807) is 66.9 Å². The van der Waals surface area contributed by atoms with Gasteiger partial charge in [0.2, 0.25) is 11.8 Å². The van der Waals surface area contributed by atoms with Gasteiger partial charge in [-0.15, -0.1) is 0 Å². The molecular formula is C26H21N3O5. The molecule has 0 aliphatic rings. The van der Waals surface area contributed by atoms with Crippen molar-refractivity contribution in [2.75, 3.05) is 19.5 Å². The van der Waals surface area contributed by atoms with Gasteiger partial charge in [-0.25, -0.2) is 4.98 Å². The molecule has 2 aromatic carbocycles. The van der Waals surface area contributed by atoms with Crippen molar-refractivity contribution in [2.45, 2.75) is 6.92 Å². The molecular weight excluding hydrogens is 434 g/mol. The van der Waals surface area contributed by atoms with Gasteiger partial charge in [0.25, 0.3) is 0 Å². The van der Waals surface area contributed by atoms with Gasteiger partial charge in [0.05, 0.1) is 26.2 Å². The minimum atomic E-state index is -0.207. The summed E-state index contributed by atoms with van der Waals surface area (Å²) < 4.78 is 22.5. The van der Waals surface area contributed by atoms with E-state index in [9.17, 15) is 10.1 Å². The van der Waals surface area contributed by atoms with E-state index in [1.807, 2.05) is 0 Å². The van der Waals surface area contributed by atoms with Crippen LogP contribution < -0.4 is 19.5 Å². The van der Waals surface area contributed by atoms with Crippen LogP contribution in [0.1, 0.15) is 12.5 Å². The summed E-state index contributed by atoms with van der Waals surface area (Å²) in [5, 5.41) is 12.6. The van der Waals surface area contributed by atoms with Crippen LogP contribution in [0.25, 0.3) is 22.6 Å². The molecule has 8 heteroatoms. The molecule has 0 atom stereocenters. The Morgan fingerprint density at radius 2 is 1.82 bits per heavy atom. The van der Waals surface area contributed by atoms with Crippen molar-refractivity contribution in [3.05, 3.63) is 72.5 Å². The summed E-state index contributed by atoms with van der Waals surface area (Å²) in [6.07, 6.45) is 1.55. The van der Waals surface area contributed by atoms with Gasteiger partial charge in [-0.3, -0.25) is 4.79 Å². The van der Waals surface area contributed by atoms with Crippen molar-refractivity contribution in [3.8, 4) is 51.8 Å². The molecule has 1 amide bonds. The van der Waals surface area contributed by atoms with Crippen molar-refractivity contribution >= 4 is 11.6 Å². The third-order valence-electron chi connectivity index (χ3n) is 4.96. The second-order valence-corrected chi connectivity index (χ2v) is 7.17. The highest BCUT2D eigenvalue weighted by Crippen LogP contribution is 2.40. The van der Waals surface area contributed by atoms with Gasteiger partial charge in [0, 0.05) is 12.5 Å². The molecule has 8 nitrogen and oxygen atoms in total. The van der Waals surface area contributed by atoms with E-state index in [2.05, 4.69) is 16.4 Å². The van der Waals surface area contributed by atoms with E-state index >= 15 is 0 Å². The number of ether oxygens (including phenoxy) is 3. The number of para-hydroxylation sites is 2. The van der Waals surface area contributed by atoms with Crippen LogP contribution in [0.3, 0.4) is 0 Å². The lowest BCUT2D eigenvalue weighted by Gasteiger charge is -2.16. The fraction of sp³-hybridized carbons (Fsp3) is 0.115. The lowest BCUT2D eigenvalue weighted by atomic mass is 9.99. The SMILES string of the molecule is COc1cc(-c2cc(-c3ccco3)nc(OC)c2C#N)ccc1Oc1ccccc1NC(C)=O. The number of nitrogens with one attached hydrogen (secondary N) is 1. The number of carbonyl (C=O) groups excluding carboxylic acids is 1. The monoisotopic (exact) mass is 455 g/mol. The molecule has 0 saturated carbocycles. The van der Waals surface area contributed by atoms with Crippen LogP contribution in [-0.4, -0.2) is 25.1 Å². The van der Waals surface area contributed by atoms with Crippen molar-refractivity contribution in [1.82, 2.24) is 4.98 Å². The average molecular weight is 455 g/mol. The summed E-state index contributed by atoms with van der Waals surface area (Å²) in [7, 11) is 2.99. The number of benzene rings is 2. The first-order chi connectivity index (χ1) is 16.5. The molecule has 0 aliphatic carbocycles. The standard InChI is InChI=1S/C26H21N3O5/c1-16(30)28-20-7-4-5-8-23(20)34-24-11-10-17(13-25(24)31-2)18-14-21(22-9-6-12-33-22)29-26(32-3)19(18)15-27/h4-14H,1-3H3,(H,28,30). The van der Waals surface area contributed by atoms with E-state index in [-0.39, 0.29) is 17.4 Å². The molecule has 170 valence electrons. The van der Waals surface area contributed by atoms with Crippen molar-refractivity contribution in [1.29, 1.82) is 5.26 Å². The van der Waals surface area contributed by atoms with Crippen LogP contribution in [-0.2, 0) is 4.79 Å². The lowest BCUT2D eigenvalue weighted by Crippen LogP contribution is -2.06. The zero-order valence-corrected chi connectivity index (χ0v) is 18.8. The van der Waals surface area contributed by atoms with E-state index in [4.69, 9.17) is 18.6 Å². The number of methoxy groups -OCH3 is 2. The summed E-state index contributed by atoms with van der Waals surface area (Å²) in [6, 6.07) is 19.9. The summed E-state index contributed by atoms with van der Waals surface area (Å²) in [5.41, 5.74) is 2.65. The molecule has 0 bridgehead atoms. The number of pyridine rings is 1. The zero-order chi connectivity index (χ0) is 24.1. The van der Waals surface area contributed by atoms with Crippen LogP contribution in [0.2, 0.25) is 0 Å². The van der Waals surface area contributed by atoms with Crippen molar-refractivity contribution in [2.24, 2.45) is 0 Å². The fourth-order valence-electron chi connectivity index (χ4n) is 3.44. The van der Waals surface area contributed by atoms with Crippen molar-refractivity contribution < 1.29 is 23.4 Å². The summed E-state index contributed by atoms with van der Waals surface area (Å²) >= 11 is 0. The molecule has 4 rings (SSSR count). The van der Waals surface area contributed by atoms with Crippen LogP contribution in [0.15, 0.2) is 71.3 Å².